The van der Waals surface area contributed by atoms with E-state index in [9.17, 15) is 23.7 Å². The van der Waals surface area contributed by atoms with Crippen molar-refractivity contribution in [3.8, 4) is 11.5 Å². The van der Waals surface area contributed by atoms with Gasteiger partial charge in [-0.2, -0.15) is 8.78 Å². The lowest BCUT2D eigenvalue weighted by Gasteiger charge is -2.09. The van der Waals surface area contributed by atoms with Gasteiger partial charge in [0.25, 0.3) is 5.91 Å². The maximum Gasteiger partial charge on any atom is 0.387 e. The summed E-state index contributed by atoms with van der Waals surface area (Å²) in [5.74, 6) is -0.612. The summed E-state index contributed by atoms with van der Waals surface area (Å²) in [6.45, 7) is -1.64. The van der Waals surface area contributed by atoms with E-state index >= 15 is 0 Å². The summed E-state index contributed by atoms with van der Waals surface area (Å²) < 4.78 is 33.5. The number of carbonyl (C=O) groups excluding carboxylic acids is 1. The van der Waals surface area contributed by atoms with Crippen LogP contribution in [0.1, 0.15) is 5.56 Å². The van der Waals surface area contributed by atoms with Gasteiger partial charge in [0.1, 0.15) is 5.75 Å². The van der Waals surface area contributed by atoms with Gasteiger partial charge in [0, 0.05) is 11.8 Å². The number of benzene rings is 2. The van der Waals surface area contributed by atoms with Gasteiger partial charge < -0.3 is 14.8 Å². The van der Waals surface area contributed by atoms with Crippen LogP contribution in [0.15, 0.2) is 42.5 Å². The monoisotopic (exact) mass is 352 g/mol. The summed E-state index contributed by atoms with van der Waals surface area (Å²) in [7, 11) is 0. The van der Waals surface area contributed by atoms with Gasteiger partial charge in [0.15, 0.2) is 12.4 Å². The van der Waals surface area contributed by atoms with Gasteiger partial charge in [0.2, 0.25) is 0 Å². The molecule has 0 bridgehead atoms. The van der Waals surface area contributed by atoms with E-state index in [1.54, 1.807) is 13.0 Å². The lowest BCUT2D eigenvalue weighted by Crippen LogP contribution is -2.20. The van der Waals surface area contributed by atoms with Crippen LogP contribution in [0.3, 0.4) is 0 Å². The van der Waals surface area contributed by atoms with Gasteiger partial charge in [-0.1, -0.05) is 6.07 Å². The topological polar surface area (TPSA) is 90.7 Å². The zero-order chi connectivity index (χ0) is 18.4. The van der Waals surface area contributed by atoms with E-state index in [2.05, 4.69) is 10.1 Å². The first kappa shape index (κ1) is 18.1. The fraction of sp³-hybridized carbons (Fsp3) is 0.188. The molecule has 0 aromatic heterocycles. The average molecular weight is 352 g/mol. The number of hydrogen-bond donors (Lipinski definition) is 1. The molecular weight excluding hydrogens is 338 g/mol. The Hall–Kier alpha value is -3.23. The predicted octanol–water partition coefficient (Wildman–Crippen LogP) is 3.52. The zero-order valence-corrected chi connectivity index (χ0v) is 13.1. The third kappa shape index (κ3) is 5.41. The Bertz CT molecular complexity index is 766. The standard InChI is InChI=1S/C16H14F2N2O5/c1-10-2-7-13(20(22)23)14(8-10)24-9-15(21)19-11-3-5-12(6-4-11)25-16(17)18/h2-8,16H,9H2,1H3,(H,19,21). The molecule has 1 amide bonds. The van der Waals surface area contributed by atoms with E-state index in [1.165, 1.54) is 36.4 Å². The molecule has 9 heteroatoms. The number of aryl methyl sites for hydroxylation is 1. The number of nitrogens with one attached hydrogen (secondary N) is 1. The number of halogens is 2. The zero-order valence-electron chi connectivity index (χ0n) is 13.1. The van der Waals surface area contributed by atoms with Crippen molar-refractivity contribution in [3.05, 3.63) is 58.1 Å². The summed E-state index contributed by atoms with van der Waals surface area (Å²) in [5.41, 5.74) is 0.844. The summed E-state index contributed by atoms with van der Waals surface area (Å²) in [6, 6.07) is 9.62. The number of amides is 1. The Morgan fingerprint density at radius 2 is 1.92 bits per heavy atom. The van der Waals surface area contributed by atoms with Crippen molar-refractivity contribution in [1.29, 1.82) is 0 Å². The van der Waals surface area contributed by atoms with Crippen molar-refractivity contribution >= 4 is 17.3 Å². The van der Waals surface area contributed by atoms with E-state index in [4.69, 9.17) is 4.74 Å². The van der Waals surface area contributed by atoms with E-state index in [0.29, 0.717) is 5.69 Å². The molecule has 0 heterocycles. The molecule has 0 atom stereocenters. The quantitative estimate of drug-likeness (QED) is 0.608. The number of nitro groups is 1. The van der Waals surface area contributed by atoms with E-state index in [-0.39, 0.29) is 17.2 Å². The van der Waals surface area contributed by atoms with Crippen molar-refractivity contribution < 1.29 is 28.0 Å². The fourth-order valence-corrected chi connectivity index (χ4v) is 1.95. The number of ether oxygens (including phenoxy) is 2. The molecule has 2 rings (SSSR count). The smallest absolute Gasteiger partial charge is 0.387 e. The molecule has 0 aliphatic rings. The van der Waals surface area contributed by atoms with Gasteiger partial charge in [-0.3, -0.25) is 14.9 Å². The highest BCUT2D eigenvalue weighted by molar-refractivity contribution is 5.91. The van der Waals surface area contributed by atoms with Crippen LogP contribution in [-0.2, 0) is 4.79 Å². The number of rotatable bonds is 7. The van der Waals surface area contributed by atoms with E-state index in [0.717, 1.165) is 5.56 Å². The minimum atomic E-state index is -2.93. The lowest BCUT2D eigenvalue weighted by atomic mass is 10.2. The molecule has 132 valence electrons. The Balaban J connectivity index is 1.95. The molecule has 2 aromatic carbocycles. The highest BCUT2D eigenvalue weighted by atomic mass is 19.3. The summed E-state index contributed by atoms with van der Waals surface area (Å²) >= 11 is 0. The van der Waals surface area contributed by atoms with Crippen LogP contribution in [-0.4, -0.2) is 24.0 Å². The van der Waals surface area contributed by atoms with Crippen molar-refractivity contribution in [2.75, 3.05) is 11.9 Å². The number of nitrogens with zero attached hydrogens (tertiary/aromatic N) is 1. The maximum atomic E-state index is 12.1. The van der Waals surface area contributed by atoms with Crippen molar-refractivity contribution in [2.24, 2.45) is 0 Å². The Morgan fingerprint density at radius 1 is 1.24 bits per heavy atom. The summed E-state index contributed by atoms with van der Waals surface area (Å²) in [6.07, 6.45) is 0. The Labute approximate surface area is 141 Å². The highest BCUT2D eigenvalue weighted by Gasteiger charge is 2.16. The second-order valence-corrected chi connectivity index (χ2v) is 4.97. The molecule has 0 aliphatic heterocycles. The van der Waals surface area contributed by atoms with Gasteiger partial charge in [0.05, 0.1) is 4.92 Å². The lowest BCUT2D eigenvalue weighted by molar-refractivity contribution is -0.385. The predicted molar refractivity (Wildman–Crippen MR) is 85.0 cm³/mol. The Morgan fingerprint density at radius 3 is 2.52 bits per heavy atom. The largest absolute Gasteiger partial charge is 0.477 e. The van der Waals surface area contributed by atoms with Crippen molar-refractivity contribution in [3.63, 3.8) is 0 Å². The van der Waals surface area contributed by atoms with Crippen LogP contribution < -0.4 is 14.8 Å². The third-order valence-corrected chi connectivity index (χ3v) is 3.03. The number of alkyl halides is 2. The second-order valence-electron chi connectivity index (χ2n) is 4.97. The molecule has 0 radical (unpaired) electrons. The maximum absolute atomic E-state index is 12.1. The third-order valence-electron chi connectivity index (χ3n) is 3.03. The molecule has 0 unspecified atom stereocenters. The number of carbonyl (C=O) groups is 1. The molecule has 2 aromatic rings. The molecular formula is C16H14F2N2O5. The van der Waals surface area contributed by atoms with Crippen LogP contribution in [0, 0.1) is 17.0 Å². The minimum Gasteiger partial charge on any atom is -0.477 e. The molecule has 7 nitrogen and oxygen atoms in total. The van der Waals surface area contributed by atoms with Gasteiger partial charge in [-0.05, 0) is 42.8 Å². The van der Waals surface area contributed by atoms with Crippen LogP contribution >= 0.6 is 0 Å². The molecule has 0 fully saturated rings. The molecule has 0 saturated heterocycles. The normalized spacial score (nSPS) is 10.4. The fourth-order valence-electron chi connectivity index (χ4n) is 1.95. The van der Waals surface area contributed by atoms with Crippen molar-refractivity contribution in [2.45, 2.75) is 13.5 Å². The molecule has 0 spiro atoms. The van der Waals surface area contributed by atoms with Crippen LogP contribution in [0.25, 0.3) is 0 Å². The first-order valence-corrected chi connectivity index (χ1v) is 7.07. The van der Waals surface area contributed by atoms with Gasteiger partial charge in [-0.25, -0.2) is 0 Å². The van der Waals surface area contributed by atoms with Crippen LogP contribution in [0.2, 0.25) is 0 Å². The van der Waals surface area contributed by atoms with E-state index in [1.807, 2.05) is 0 Å². The Kier molecular flexibility index (Phi) is 5.83. The van der Waals surface area contributed by atoms with E-state index < -0.39 is 24.0 Å². The average Bonchev–Trinajstić information content (AvgIpc) is 2.54. The first-order valence-electron chi connectivity index (χ1n) is 7.07. The van der Waals surface area contributed by atoms with Crippen LogP contribution in [0.4, 0.5) is 20.2 Å². The summed E-state index contributed by atoms with van der Waals surface area (Å²) in [5, 5.41) is 13.4. The number of hydrogen-bond acceptors (Lipinski definition) is 5. The molecule has 1 N–H and O–H groups in total. The first-order chi connectivity index (χ1) is 11.8. The van der Waals surface area contributed by atoms with Gasteiger partial charge in [-0.15, -0.1) is 0 Å². The number of anilines is 1. The van der Waals surface area contributed by atoms with Gasteiger partial charge >= 0.3 is 12.3 Å². The molecule has 0 aliphatic carbocycles. The molecule has 25 heavy (non-hydrogen) atoms. The summed E-state index contributed by atoms with van der Waals surface area (Å²) in [4.78, 5) is 22.2. The number of nitro benzene ring substituents is 1. The molecule has 0 saturated carbocycles. The minimum absolute atomic E-state index is 0.0131. The van der Waals surface area contributed by atoms with Crippen molar-refractivity contribution in [1.82, 2.24) is 0 Å². The van der Waals surface area contributed by atoms with Crippen LogP contribution in [0.5, 0.6) is 11.5 Å². The SMILES string of the molecule is Cc1ccc([N+](=O)[O-])c(OCC(=O)Nc2ccc(OC(F)F)cc2)c1. The second kappa shape index (κ2) is 8.04. The highest BCUT2D eigenvalue weighted by Crippen LogP contribution is 2.27.